The molecule has 2 nitrogen and oxygen atoms in total. The van der Waals surface area contributed by atoms with Crippen LogP contribution in [0.3, 0.4) is 0 Å². The Morgan fingerprint density at radius 1 is 0.964 bits per heavy atom. The summed E-state index contributed by atoms with van der Waals surface area (Å²) < 4.78 is 0. The smallest absolute Gasteiger partial charge is 0.0650 e. The summed E-state index contributed by atoms with van der Waals surface area (Å²) in [4.78, 5) is 0. The van der Waals surface area contributed by atoms with Gasteiger partial charge in [-0.1, -0.05) is 38.3 Å². The van der Waals surface area contributed by atoms with Crippen molar-refractivity contribution < 1.29 is 10.2 Å². The first-order valence-electron chi connectivity index (χ1n) is 12.4. The molecule has 2 heteroatoms. The van der Waals surface area contributed by atoms with Crippen molar-refractivity contribution in [3.63, 3.8) is 0 Å². The number of hydrogen-bond donors (Lipinski definition) is 2. The molecule has 0 amide bonds. The number of hydrogen-bond acceptors (Lipinski definition) is 2. The van der Waals surface area contributed by atoms with Crippen molar-refractivity contribution >= 4 is 0 Å². The Morgan fingerprint density at radius 3 is 2.57 bits per heavy atom. The monoisotopic (exact) mass is 386 g/mol. The maximum Gasteiger partial charge on any atom is 0.0650 e. The van der Waals surface area contributed by atoms with Crippen LogP contribution in [-0.2, 0) is 0 Å². The highest BCUT2D eigenvalue weighted by molar-refractivity contribution is 5.25. The minimum atomic E-state index is -0.255. The van der Waals surface area contributed by atoms with Gasteiger partial charge in [0.15, 0.2) is 0 Å². The zero-order chi connectivity index (χ0) is 19.6. The summed E-state index contributed by atoms with van der Waals surface area (Å²) in [6, 6.07) is 0. The first-order valence-corrected chi connectivity index (χ1v) is 12.4. The van der Waals surface area contributed by atoms with Crippen LogP contribution in [0.5, 0.6) is 0 Å². The number of rotatable bonds is 5. The van der Waals surface area contributed by atoms with E-state index in [1.54, 1.807) is 5.57 Å². The van der Waals surface area contributed by atoms with Gasteiger partial charge < -0.3 is 10.2 Å². The van der Waals surface area contributed by atoms with Gasteiger partial charge in [0, 0.05) is 0 Å². The summed E-state index contributed by atoms with van der Waals surface area (Å²) in [5, 5.41) is 20.3. The first-order chi connectivity index (χ1) is 13.3. The zero-order valence-corrected chi connectivity index (χ0v) is 18.3. The molecule has 7 atom stereocenters. The van der Waals surface area contributed by atoms with Gasteiger partial charge in [-0.15, -0.1) is 0 Å². The van der Waals surface area contributed by atoms with Gasteiger partial charge in [0.1, 0.15) is 0 Å². The van der Waals surface area contributed by atoms with Gasteiger partial charge in [0.2, 0.25) is 0 Å². The van der Waals surface area contributed by atoms with E-state index >= 15 is 0 Å². The molecule has 0 aromatic heterocycles. The van der Waals surface area contributed by atoms with E-state index in [1.165, 1.54) is 57.8 Å². The standard InChI is InChI=1S/C26H42O2/c1-24-14-11-23-21(8-6-19-17-20(27)10-13-25(19,23)2)22(24)9-7-18(24)5-3-4-12-26(28)15-16-26/h6,18,20-23,27-28H,3-5,7-17H2,1-2H3. The molecule has 158 valence electrons. The molecule has 0 aromatic rings. The van der Waals surface area contributed by atoms with Crippen LogP contribution >= 0.6 is 0 Å². The summed E-state index contributed by atoms with van der Waals surface area (Å²) in [5.74, 6) is 3.59. The van der Waals surface area contributed by atoms with E-state index in [-0.39, 0.29) is 11.7 Å². The number of fused-ring (bicyclic) bond motifs is 5. The average Bonchev–Trinajstić information content (AvgIpc) is 3.30. The third-order valence-electron chi connectivity index (χ3n) is 10.5. The van der Waals surface area contributed by atoms with Gasteiger partial charge >= 0.3 is 0 Å². The third-order valence-corrected chi connectivity index (χ3v) is 10.5. The van der Waals surface area contributed by atoms with E-state index in [0.717, 1.165) is 55.8 Å². The lowest BCUT2D eigenvalue weighted by atomic mass is 9.47. The molecule has 0 radical (unpaired) electrons. The minimum absolute atomic E-state index is 0.0886. The number of aliphatic hydroxyl groups excluding tert-OH is 1. The van der Waals surface area contributed by atoms with Crippen LogP contribution in [0.2, 0.25) is 0 Å². The largest absolute Gasteiger partial charge is 0.393 e. The summed E-state index contributed by atoms with van der Waals surface area (Å²) in [5.41, 5.74) is 2.29. The molecule has 0 aromatic carbocycles. The van der Waals surface area contributed by atoms with Crippen molar-refractivity contribution in [1.29, 1.82) is 0 Å². The Hall–Kier alpha value is -0.340. The van der Waals surface area contributed by atoms with Crippen molar-refractivity contribution in [2.75, 3.05) is 0 Å². The quantitative estimate of drug-likeness (QED) is 0.448. The molecular weight excluding hydrogens is 344 g/mol. The number of allylic oxidation sites excluding steroid dienone is 1. The first kappa shape index (κ1) is 19.6. The Balaban J connectivity index is 1.26. The topological polar surface area (TPSA) is 40.5 Å². The van der Waals surface area contributed by atoms with Gasteiger partial charge in [-0.2, -0.15) is 0 Å². The summed E-state index contributed by atoms with van der Waals surface area (Å²) in [6.45, 7) is 5.19. The maximum atomic E-state index is 10.2. The predicted molar refractivity (Wildman–Crippen MR) is 114 cm³/mol. The van der Waals surface area contributed by atoms with E-state index in [9.17, 15) is 10.2 Å². The molecule has 0 saturated heterocycles. The number of aliphatic hydroxyl groups is 2. The lowest BCUT2D eigenvalue weighted by Crippen LogP contribution is -2.50. The fourth-order valence-electron chi connectivity index (χ4n) is 8.46. The summed E-state index contributed by atoms with van der Waals surface area (Å²) in [6.07, 6.45) is 19.7. The van der Waals surface area contributed by atoms with Gasteiger partial charge in [0.25, 0.3) is 0 Å². The van der Waals surface area contributed by atoms with E-state index in [2.05, 4.69) is 19.9 Å². The van der Waals surface area contributed by atoms with Crippen LogP contribution in [0, 0.1) is 34.5 Å². The predicted octanol–water partition coefficient (Wildman–Crippen LogP) is 6.01. The molecular formula is C26H42O2. The average molecular weight is 387 g/mol. The summed E-state index contributed by atoms with van der Waals surface area (Å²) >= 11 is 0. The van der Waals surface area contributed by atoms with Crippen LogP contribution < -0.4 is 0 Å². The second kappa shape index (κ2) is 6.84. The highest BCUT2D eigenvalue weighted by atomic mass is 16.3. The van der Waals surface area contributed by atoms with Crippen molar-refractivity contribution in [3.05, 3.63) is 11.6 Å². The molecule has 0 heterocycles. The zero-order valence-electron chi connectivity index (χ0n) is 18.3. The van der Waals surface area contributed by atoms with Crippen molar-refractivity contribution in [3.8, 4) is 0 Å². The molecule has 0 spiro atoms. The summed E-state index contributed by atoms with van der Waals surface area (Å²) in [7, 11) is 0. The molecule has 2 N–H and O–H groups in total. The Labute approximate surface area is 172 Å². The van der Waals surface area contributed by atoms with Gasteiger partial charge in [-0.3, -0.25) is 0 Å². The fraction of sp³-hybridized carbons (Fsp3) is 0.923. The molecule has 4 saturated carbocycles. The molecule has 7 unspecified atom stereocenters. The normalized spacial score (nSPS) is 49.0. The SMILES string of the molecule is CC12CCC(O)CC1=CCC1C2CCC2(C)C(CCCCC3(O)CC3)CCC12. The minimum Gasteiger partial charge on any atom is -0.393 e. The van der Waals surface area contributed by atoms with E-state index in [0.29, 0.717) is 10.8 Å². The van der Waals surface area contributed by atoms with Crippen molar-refractivity contribution in [2.45, 2.75) is 115 Å². The Bertz CT molecular complexity index is 634. The molecule has 28 heavy (non-hydrogen) atoms. The van der Waals surface area contributed by atoms with Gasteiger partial charge in [-0.25, -0.2) is 0 Å². The molecule has 5 aliphatic carbocycles. The van der Waals surface area contributed by atoms with Crippen LogP contribution in [0.1, 0.15) is 104 Å². The molecule has 5 rings (SSSR count). The number of unbranched alkanes of at least 4 members (excludes halogenated alkanes) is 1. The van der Waals surface area contributed by atoms with Crippen LogP contribution in [-0.4, -0.2) is 21.9 Å². The van der Waals surface area contributed by atoms with Gasteiger partial charge in [-0.05, 0) is 112 Å². The Kier molecular flexibility index (Phi) is 4.79. The molecule has 4 fully saturated rings. The molecule has 0 aliphatic heterocycles. The van der Waals surface area contributed by atoms with E-state index in [1.807, 2.05) is 0 Å². The molecule has 5 aliphatic rings. The second-order valence-corrected chi connectivity index (χ2v) is 11.9. The fourth-order valence-corrected chi connectivity index (χ4v) is 8.46. The lowest BCUT2D eigenvalue weighted by molar-refractivity contribution is -0.0509. The Morgan fingerprint density at radius 2 is 1.79 bits per heavy atom. The van der Waals surface area contributed by atoms with Crippen molar-refractivity contribution in [2.24, 2.45) is 34.5 Å². The van der Waals surface area contributed by atoms with E-state index in [4.69, 9.17) is 0 Å². The third kappa shape index (κ3) is 3.13. The van der Waals surface area contributed by atoms with Crippen molar-refractivity contribution in [1.82, 2.24) is 0 Å². The molecule has 0 bridgehead atoms. The van der Waals surface area contributed by atoms with Gasteiger partial charge in [0.05, 0.1) is 11.7 Å². The van der Waals surface area contributed by atoms with Crippen LogP contribution in [0.4, 0.5) is 0 Å². The highest BCUT2D eigenvalue weighted by Gasteiger charge is 2.58. The van der Waals surface area contributed by atoms with Crippen LogP contribution in [0.15, 0.2) is 11.6 Å². The van der Waals surface area contributed by atoms with E-state index < -0.39 is 0 Å². The lowest BCUT2D eigenvalue weighted by Gasteiger charge is -2.58. The second-order valence-electron chi connectivity index (χ2n) is 11.9. The maximum absolute atomic E-state index is 10.2. The van der Waals surface area contributed by atoms with Crippen LogP contribution in [0.25, 0.3) is 0 Å². The highest BCUT2D eigenvalue weighted by Crippen LogP contribution is 2.66.